The van der Waals surface area contributed by atoms with Gasteiger partial charge >= 0.3 is 0 Å². The van der Waals surface area contributed by atoms with E-state index in [9.17, 15) is 14.9 Å². The first-order valence-corrected chi connectivity index (χ1v) is 7.62. The lowest BCUT2D eigenvalue weighted by Crippen LogP contribution is -2.16. The van der Waals surface area contributed by atoms with Crippen LogP contribution in [-0.2, 0) is 4.79 Å². The number of benzene rings is 2. The summed E-state index contributed by atoms with van der Waals surface area (Å²) in [5.74, 6) is 0.364. The minimum Gasteiger partial charge on any atom is -0.493 e. The number of anilines is 1. The van der Waals surface area contributed by atoms with Crippen LogP contribution in [0.3, 0.4) is 0 Å². The Morgan fingerprint density at radius 3 is 2.25 bits per heavy atom. The monoisotopic (exact) mass is 328 g/mol. The lowest BCUT2D eigenvalue weighted by Gasteiger charge is -2.13. The molecule has 2 aromatic rings. The van der Waals surface area contributed by atoms with Crippen molar-refractivity contribution in [3.8, 4) is 5.75 Å². The maximum atomic E-state index is 12.1. The zero-order chi connectivity index (χ0) is 17.7. The second-order valence-electron chi connectivity index (χ2n) is 5.67. The van der Waals surface area contributed by atoms with Crippen molar-refractivity contribution in [2.24, 2.45) is 0 Å². The fraction of sp³-hybridized carbons (Fsp3) is 0.278. The molecule has 2 aromatic carbocycles. The number of nitro benzene ring substituents is 1. The van der Waals surface area contributed by atoms with Crippen LogP contribution in [0.2, 0.25) is 0 Å². The van der Waals surface area contributed by atoms with Gasteiger partial charge in [0, 0.05) is 17.8 Å². The molecule has 0 saturated carbocycles. The summed E-state index contributed by atoms with van der Waals surface area (Å²) in [7, 11) is 0. The summed E-state index contributed by atoms with van der Waals surface area (Å²) in [6.45, 7) is 6.14. The van der Waals surface area contributed by atoms with E-state index in [1.54, 1.807) is 0 Å². The van der Waals surface area contributed by atoms with Gasteiger partial charge in [0.1, 0.15) is 5.75 Å². The molecule has 24 heavy (non-hydrogen) atoms. The van der Waals surface area contributed by atoms with Gasteiger partial charge in [0.2, 0.25) is 5.91 Å². The molecule has 0 unspecified atom stereocenters. The van der Waals surface area contributed by atoms with Gasteiger partial charge in [-0.05, 0) is 44.0 Å². The fourth-order valence-corrected chi connectivity index (χ4v) is 2.50. The fourth-order valence-electron chi connectivity index (χ4n) is 2.50. The van der Waals surface area contributed by atoms with Crippen molar-refractivity contribution < 1.29 is 14.5 Å². The van der Waals surface area contributed by atoms with Crippen LogP contribution in [0.4, 0.5) is 11.4 Å². The molecule has 0 bridgehead atoms. The van der Waals surface area contributed by atoms with E-state index in [0.717, 1.165) is 22.4 Å². The number of carbonyl (C=O) groups is 1. The van der Waals surface area contributed by atoms with Crippen LogP contribution in [0.25, 0.3) is 0 Å². The van der Waals surface area contributed by atoms with Gasteiger partial charge in [0.15, 0.2) is 0 Å². The second kappa shape index (κ2) is 7.59. The number of nitrogens with one attached hydrogen (secondary N) is 1. The number of nitrogens with zero attached hydrogens (tertiary/aromatic N) is 1. The first-order valence-electron chi connectivity index (χ1n) is 7.62. The third-order valence-electron chi connectivity index (χ3n) is 3.59. The highest BCUT2D eigenvalue weighted by Crippen LogP contribution is 2.22. The number of hydrogen-bond donors (Lipinski definition) is 1. The minimum atomic E-state index is -0.469. The Morgan fingerprint density at radius 2 is 1.71 bits per heavy atom. The van der Waals surface area contributed by atoms with Gasteiger partial charge in [-0.2, -0.15) is 0 Å². The van der Waals surface area contributed by atoms with E-state index in [-0.39, 0.29) is 24.6 Å². The van der Waals surface area contributed by atoms with Crippen molar-refractivity contribution in [1.29, 1.82) is 0 Å². The number of rotatable bonds is 6. The molecule has 0 aliphatic heterocycles. The Bertz CT molecular complexity index is 731. The predicted molar refractivity (Wildman–Crippen MR) is 92.5 cm³/mol. The lowest BCUT2D eigenvalue weighted by molar-refractivity contribution is -0.384. The molecule has 6 nitrogen and oxygen atoms in total. The van der Waals surface area contributed by atoms with Crippen LogP contribution in [-0.4, -0.2) is 17.4 Å². The summed E-state index contributed by atoms with van der Waals surface area (Å²) in [4.78, 5) is 22.2. The molecule has 0 aliphatic carbocycles. The van der Waals surface area contributed by atoms with Crippen LogP contribution in [0, 0.1) is 30.9 Å². The lowest BCUT2D eigenvalue weighted by atomic mass is 10.1. The molecule has 0 atom stereocenters. The number of non-ortho nitro benzene ring substituents is 1. The van der Waals surface area contributed by atoms with Gasteiger partial charge in [-0.1, -0.05) is 17.7 Å². The van der Waals surface area contributed by atoms with E-state index in [2.05, 4.69) is 5.32 Å². The number of nitro groups is 1. The molecular weight excluding hydrogens is 308 g/mol. The zero-order valence-electron chi connectivity index (χ0n) is 14.0. The van der Waals surface area contributed by atoms with E-state index in [1.807, 2.05) is 32.9 Å². The maximum absolute atomic E-state index is 12.1. The molecule has 0 aliphatic rings. The minimum absolute atomic E-state index is 0.00501. The Kier molecular flexibility index (Phi) is 5.52. The molecule has 0 aromatic heterocycles. The molecule has 1 amide bonds. The highest BCUT2D eigenvalue weighted by atomic mass is 16.6. The summed E-state index contributed by atoms with van der Waals surface area (Å²) >= 11 is 0. The summed E-state index contributed by atoms with van der Waals surface area (Å²) in [6.07, 6.45) is 0.198. The van der Waals surface area contributed by atoms with Crippen molar-refractivity contribution in [1.82, 2.24) is 0 Å². The Hall–Kier alpha value is -2.89. The van der Waals surface area contributed by atoms with Crippen molar-refractivity contribution in [2.45, 2.75) is 27.2 Å². The third kappa shape index (κ3) is 4.55. The highest BCUT2D eigenvalue weighted by molar-refractivity contribution is 5.92. The van der Waals surface area contributed by atoms with Gasteiger partial charge < -0.3 is 10.1 Å². The summed E-state index contributed by atoms with van der Waals surface area (Å²) in [6, 6.07) is 9.82. The molecule has 0 saturated heterocycles. The van der Waals surface area contributed by atoms with Crippen LogP contribution in [0.5, 0.6) is 5.75 Å². The van der Waals surface area contributed by atoms with Gasteiger partial charge in [-0.3, -0.25) is 14.9 Å². The normalized spacial score (nSPS) is 10.3. The molecule has 126 valence electrons. The topological polar surface area (TPSA) is 81.5 Å². The van der Waals surface area contributed by atoms with E-state index >= 15 is 0 Å². The Morgan fingerprint density at radius 1 is 1.12 bits per heavy atom. The van der Waals surface area contributed by atoms with E-state index in [0.29, 0.717) is 5.75 Å². The van der Waals surface area contributed by atoms with Gasteiger partial charge in [-0.25, -0.2) is 0 Å². The zero-order valence-corrected chi connectivity index (χ0v) is 14.0. The summed E-state index contributed by atoms with van der Waals surface area (Å²) in [5.41, 5.74) is 4.05. The quantitative estimate of drug-likeness (QED) is 0.643. The van der Waals surface area contributed by atoms with Crippen molar-refractivity contribution in [3.63, 3.8) is 0 Å². The average Bonchev–Trinajstić information content (AvgIpc) is 2.51. The van der Waals surface area contributed by atoms with Crippen LogP contribution < -0.4 is 10.1 Å². The summed E-state index contributed by atoms with van der Waals surface area (Å²) < 4.78 is 5.45. The predicted octanol–water partition coefficient (Wildman–Crippen LogP) is 3.93. The first-order chi connectivity index (χ1) is 11.4. The maximum Gasteiger partial charge on any atom is 0.269 e. The molecule has 2 rings (SSSR count). The van der Waals surface area contributed by atoms with Crippen LogP contribution in [0.15, 0.2) is 36.4 Å². The Balaban J connectivity index is 1.86. The van der Waals surface area contributed by atoms with Crippen LogP contribution >= 0.6 is 0 Å². The van der Waals surface area contributed by atoms with Crippen LogP contribution in [0.1, 0.15) is 23.1 Å². The number of carbonyl (C=O) groups excluding carboxylic acids is 1. The smallest absolute Gasteiger partial charge is 0.269 e. The van der Waals surface area contributed by atoms with E-state index < -0.39 is 4.92 Å². The SMILES string of the molecule is Cc1cc(C)c(NC(=O)CCOc2ccc([N+](=O)[O-])cc2)c(C)c1. The van der Waals surface area contributed by atoms with Gasteiger partial charge in [-0.15, -0.1) is 0 Å². The molecule has 1 N–H and O–H groups in total. The molecule has 0 fully saturated rings. The van der Waals surface area contributed by atoms with Crippen molar-refractivity contribution in [2.75, 3.05) is 11.9 Å². The molecule has 0 spiro atoms. The van der Waals surface area contributed by atoms with Crippen molar-refractivity contribution in [3.05, 3.63) is 63.2 Å². The number of ether oxygens (including phenoxy) is 1. The largest absolute Gasteiger partial charge is 0.493 e. The molecular formula is C18H20N2O4. The highest BCUT2D eigenvalue weighted by Gasteiger charge is 2.09. The van der Waals surface area contributed by atoms with E-state index in [1.165, 1.54) is 24.3 Å². The number of hydrogen-bond acceptors (Lipinski definition) is 4. The molecule has 0 heterocycles. The third-order valence-corrected chi connectivity index (χ3v) is 3.59. The molecule has 0 radical (unpaired) electrons. The Labute approximate surface area is 140 Å². The number of amides is 1. The van der Waals surface area contributed by atoms with Gasteiger partial charge in [0.25, 0.3) is 5.69 Å². The van der Waals surface area contributed by atoms with E-state index in [4.69, 9.17) is 4.74 Å². The first kappa shape index (κ1) is 17.5. The summed E-state index contributed by atoms with van der Waals surface area (Å²) in [5, 5.41) is 13.5. The second-order valence-corrected chi connectivity index (χ2v) is 5.67. The average molecular weight is 328 g/mol. The van der Waals surface area contributed by atoms with Crippen molar-refractivity contribution >= 4 is 17.3 Å². The standard InChI is InChI=1S/C18H20N2O4/c1-12-10-13(2)18(14(3)11-12)19-17(21)8-9-24-16-6-4-15(5-7-16)20(22)23/h4-7,10-11H,8-9H2,1-3H3,(H,19,21). The molecule has 6 heteroatoms. The van der Waals surface area contributed by atoms with Gasteiger partial charge in [0.05, 0.1) is 18.0 Å². The number of aryl methyl sites for hydroxylation is 3.